The maximum atomic E-state index is 10.8. The summed E-state index contributed by atoms with van der Waals surface area (Å²) in [5.74, 6) is -0.150. The summed E-state index contributed by atoms with van der Waals surface area (Å²) in [5.41, 5.74) is 1.53. The number of rotatable bonds is 5. The normalized spacial score (nSPS) is 14.2. The van der Waals surface area contributed by atoms with Crippen molar-refractivity contribution in [2.45, 2.75) is 25.6 Å². The van der Waals surface area contributed by atoms with E-state index in [1.165, 1.54) is 6.92 Å². The zero-order valence-electron chi connectivity index (χ0n) is 11.6. The Morgan fingerprint density at radius 2 is 2.20 bits per heavy atom. The number of aliphatic hydroxyl groups is 2. The third-order valence-electron chi connectivity index (χ3n) is 3.29. The zero-order chi connectivity index (χ0) is 14.7. The Bertz CT molecular complexity index is 609. The van der Waals surface area contributed by atoms with Crippen LogP contribution in [0.5, 0.6) is 0 Å². The molecule has 1 aromatic heterocycles. The van der Waals surface area contributed by atoms with Gasteiger partial charge in [0, 0.05) is 25.9 Å². The van der Waals surface area contributed by atoms with Gasteiger partial charge >= 0.3 is 0 Å². The second-order valence-electron chi connectivity index (χ2n) is 4.87. The second kappa shape index (κ2) is 6.02. The predicted molar refractivity (Wildman–Crippen MR) is 75.0 cm³/mol. The van der Waals surface area contributed by atoms with Gasteiger partial charge < -0.3 is 15.5 Å². The Morgan fingerprint density at radius 1 is 1.45 bits per heavy atom. The van der Waals surface area contributed by atoms with Crippen molar-refractivity contribution in [3.05, 3.63) is 30.0 Å². The minimum Gasteiger partial charge on any atom is -0.390 e. The molecule has 0 saturated carbocycles. The number of hydrogen-bond donors (Lipinski definition) is 3. The molecule has 0 bridgehead atoms. The van der Waals surface area contributed by atoms with Crippen LogP contribution in [-0.2, 0) is 11.8 Å². The highest BCUT2D eigenvalue weighted by Crippen LogP contribution is 2.23. The summed E-state index contributed by atoms with van der Waals surface area (Å²) in [6, 6.07) is 5.45. The van der Waals surface area contributed by atoms with E-state index in [2.05, 4.69) is 10.4 Å². The Labute approximate surface area is 117 Å². The van der Waals surface area contributed by atoms with Crippen molar-refractivity contribution in [2.24, 2.45) is 7.05 Å². The molecule has 0 saturated heterocycles. The van der Waals surface area contributed by atoms with E-state index in [1.807, 2.05) is 19.2 Å². The summed E-state index contributed by atoms with van der Waals surface area (Å²) >= 11 is 0. The maximum Gasteiger partial charge on any atom is 0.216 e. The lowest BCUT2D eigenvalue weighted by Crippen LogP contribution is -2.27. The van der Waals surface area contributed by atoms with Gasteiger partial charge in [0.05, 0.1) is 17.8 Å². The van der Waals surface area contributed by atoms with Crippen molar-refractivity contribution in [3.8, 4) is 0 Å². The molecule has 6 nitrogen and oxygen atoms in total. The second-order valence-corrected chi connectivity index (χ2v) is 4.87. The van der Waals surface area contributed by atoms with Gasteiger partial charge in [-0.1, -0.05) is 12.1 Å². The van der Waals surface area contributed by atoms with Crippen molar-refractivity contribution < 1.29 is 15.0 Å². The molecular weight excluding hydrogens is 258 g/mol. The molecule has 0 aliphatic rings. The quantitative estimate of drug-likeness (QED) is 0.742. The molecule has 2 unspecified atom stereocenters. The molecule has 2 atom stereocenters. The number of hydrogen-bond acceptors (Lipinski definition) is 4. The molecule has 0 aliphatic carbocycles. The van der Waals surface area contributed by atoms with E-state index in [4.69, 9.17) is 0 Å². The van der Waals surface area contributed by atoms with E-state index in [0.29, 0.717) is 18.5 Å². The van der Waals surface area contributed by atoms with Crippen LogP contribution in [0, 0.1) is 0 Å². The third-order valence-corrected chi connectivity index (χ3v) is 3.29. The first-order valence-electron chi connectivity index (χ1n) is 6.51. The lowest BCUT2D eigenvalue weighted by atomic mass is 10.0. The molecular formula is C14H19N3O3. The Balaban J connectivity index is 2.07. The Morgan fingerprint density at radius 3 is 2.90 bits per heavy atom. The highest BCUT2D eigenvalue weighted by Gasteiger charge is 2.19. The van der Waals surface area contributed by atoms with Gasteiger partial charge in [-0.2, -0.15) is 5.10 Å². The monoisotopic (exact) mass is 277 g/mol. The third kappa shape index (κ3) is 3.15. The summed E-state index contributed by atoms with van der Waals surface area (Å²) < 4.78 is 1.72. The molecule has 0 radical (unpaired) electrons. The molecule has 2 aromatic rings. The summed E-state index contributed by atoms with van der Waals surface area (Å²) in [6.07, 6.45) is 0.138. The van der Waals surface area contributed by atoms with Gasteiger partial charge in [-0.25, -0.2) is 0 Å². The topological polar surface area (TPSA) is 87.4 Å². The van der Waals surface area contributed by atoms with Crippen LogP contribution >= 0.6 is 0 Å². The molecule has 1 aromatic carbocycles. The number of fused-ring (bicyclic) bond motifs is 1. The number of amides is 1. The van der Waals surface area contributed by atoms with E-state index in [-0.39, 0.29) is 5.91 Å². The molecule has 0 aliphatic heterocycles. The number of carbonyl (C=O) groups excluding carboxylic acids is 1. The average Bonchev–Trinajstić information content (AvgIpc) is 2.78. The van der Waals surface area contributed by atoms with Crippen LogP contribution in [0.3, 0.4) is 0 Å². The fourth-order valence-corrected chi connectivity index (χ4v) is 2.12. The number of carbonyl (C=O) groups is 1. The smallest absolute Gasteiger partial charge is 0.216 e. The van der Waals surface area contributed by atoms with Crippen molar-refractivity contribution in [2.75, 3.05) is 6.54 Å². The lowest BCUT2D eigenvalue weighted by molar-refractivity contribution is -0.119. The standard InChI is InChI=1S/C14H19N3O3/c1-9(18)15-6-5-13(19)14(20)10-3-4-11-8-16-17(2)12(11)7-10/h3-4,7-8,13-14,19-20H,5-6H2,1-2H3,(H,15,18). The molecule has 3 N–H and O–H groups in total. The number of aliphatic hydroxyl groups excluding tert-OH is 2. The lowest BCUT2D eigenvalue weighted by Gasteiger charge is -2.18. The van der Waals surface area contributed by atoms with Gasteiger partial charge in [-0.15, -0.1) is 0 Å². The first kappa shape index (κ1) is 14.5. The van der Waals surface area contributed by atoms with Crippen LogP contribution in [0.4, 0.5) is 0 Å². The van der Waals surface area contributed by atoms with Crippen LogP contribution in [-0.4, -0.2) is 38.5 Å². The van der Waals surface area contributed by atoms with Crippen molar-refractivity contribution in [1.82, 2.24) is 15.1 Å². The minimum absolute atomic E-state index is 0.150. The SMILES string of the molecule is CC(=O)NCCC(O)C(O)c1ccc2cnn(C)c2c1. The van der Waals surface area contributed by atoms with Gasteiger partial charge in [0.15, 0.2) is 0 Å². The van der Waals surface area contributed by atoms with Gasteiger partial charge in [-0.3, -0.25) is 9.48 Å². The number of nitrogens with zero attached hydrogens (tertiary/aromatic N) is 2. The van der Waals surface area contributed by atoms with Crippen molar-refractivity contribution in [3.63, 3.8) is 0 Å². The molecule has 1 amide bonds. The van der Waals surface area contributed by atoms with Gasteiger partial charge in [0.1, 0.15) is 6.10 Å². The minimum atomic E-state index is -0.983. The zero-order valence-corrected chi connectivity index (χ0v) is 11.6. The first-order chi connectivity index (χ1) is 9.49. The highest BCUT2D eigenvalue weighted by molar-refractivity contribution is 5.79. The molecule has 0 fully saturated rings. The highest BCUT2D eigenvalue weighted by atomic mass is 16.3. The fraction of sp³-hybridized carbons (Fsp3) is 0.429. The van der Waals surface area contributed by atoms with Crippen molar-refractivity contribution >= 4 is 16.8 Å². The van der Waals surface area contributed by atoms with E-state index in [1.54, 1.807) is 16.9 Å². The molecule has 108 valence electrons. The first-order valence-corrected chi connectivity index (χ1v) is 6.51. The molecule has 2 rings (SSSR count). The summed E-state index contributed by atoms with van der Waals surface area (Å²) in [6.45, 7) is 1.75. The Hall–Kier alpha value is -1.92. The maximum absolute atomic E-state index is 10.8. The molecule has 1 heterocycles. The summed E-state index contributed by atoms with van der Waals surface area (Å²) in [4.78, 5) is 10.8. The molecule has 6 heteroatoms. The van der Waals surface area contributed by atoms with Crippen molar-refractivity contribution in [1.29, 1.82) is 0 Å². The molecule has 0 spiro atoms. The van der Waals surface area contributed by atoms with E-state index in [0.717, 1.165) is 10.9 Å². The van der Waals surface area contributed by atoms with E-state index in [9.17, 15) is 15.0 Å². The van der Waals surface area contributed by atoms with Gasteiger partial charge in [0.2, 0.25) is 5.91 Å². The van der Waals surface area contributed by atoms with Crippen LogP contribution in [0.15, 0.2) is 24.4 Å². The summed E-state index contributed by atoms with van der Waals surface area (Å²) in [5, 5.41) is 27.8. The van der Waals surface area contributed by atoms with E-state index >= 15 is 0 Å². The fourth-order valence-electron chi connectivity index (χ4n) is 2.12. The molecule has 20 heavy (non-hydrogen) atoms. The predicted octanol–water partition coefficient (Wildman–Crippen LogP) is 0.494. The average molecular weight is 277 g/mol. The Kier molecular flexibility index (Phi) is 4.36. The largest absolute Gasteiger partial charge is 0.390 e. The van der Waals surface area contributed by atoms with Crippen LogP contribution in [0.1, 0.15) is 25.0 Å². The summed E-state index contributed by atoms with van der Waals surface area (Å²) in [7, 11) is 1.83. The van der Waals surface area contributed by atoms with Crippen LogP contribution in [0.2, 0.25) is 0 Å². The van der Waals surface area contributed by atoms with Gasteiger partial charge in [-0.05, 0) is 18.1 Å². The number of nitrogens with one attached hydrogen (secondary N) is 1. The number of aryl methyl sites for hydroxylation is 1. The number of aromatic nitrogens is 2. The number of benzene rings is 1. The van der Waals surface area contributed by atoms with Crippen LogP contribution < -0.4 is 5.32 Å². The van der Waals surface area contributed by atoms with E-state index < -0.39 is 12.2 Å². The van der Waals surface area contributed by atoms with Gasteiger partial charge in [0.25, 0.3) is 0 Å². The van der Waals surface area contributed by atoms with Crippen LogP contribution in [0.25, 0.3) is 10.9 Å².